The van der Waals surface area contributed by atoms with E-state index in [0.717, 1.165) is 59.3 Å². The highest BCUT2D eigenvalue weighted by atomic mass is 32.2. The quantitative estimate of drug-likeness (QED) is 0.0614. The summed E-state index contributed by atoms with van der Waals surface area (Å²) in [5.74, 6) is 2.40. The van der Waals surface area contributed by atoms with E-state index < -0.39 is 5.54 Å². The van der Waals surface area contributed by atoms with Gasteiger partial charge in [-0.15, -0.1) is 0 Å². The van der Waals surface area contributed by atoms with Crippen molar-refractivity contribution in [2.75, 3.05) is 21.3 Å². The predicted molar refractivity (Wildman–Crippen MR) is 262 cm³/mol. The second-order valence-corrected chi connectivity index (χ2v) is 19.3. The van der Waals surface area contributed by atoms with E-state index in [0.29, 0.717) is 19.4 Å². The molecule has 0 saturated carbocycles. The normalized spacial score (nSPS) is 13.1. The number of fused-ring (bicyclic) bond motifs is 3. The lowest BCUT2D eigenvalue weighted by molar-refractivity contribution is 0.307. The van der Waals surface area contributed by atoms with Crippen LogP contribution in [0.15, 0.2) is 169 Å². The molecule has 0 amide bonds. The molecule has 9 rings (SSSR count). The Labute approximate surface area is 381 Å². The molecule has 0 spiro atoms. The first kappa shape index (κ1) is 42.6. The number of nitrogens with one attached hydrogen (secondary N) is 4. The van der Waals surface area contributed by atoms with Crippen molar-refractivity contribution in [2.24, 2.45) is 5.73 Å². The fraction of sp³-hybridized carbons (Fsp3) is 0.192. The second kappa shape index (κ2) is 18.6. The number of hydrogen-bond donors (Lipinski definition) is 5. The summed E-state index contributed by atoms with van der Waals surface area (Å²) in [5, 5.41) is 7.39. The first-order valence-corrected chi connectivity index (χ1v) is 23.4. The van der Waals surface area contributed by atoms with Gasteiger partial charge in [-0.05, 0) is 104 Å². The third-order valence-corrected chi connectivity index (χ3v) is 15.2. The number of H-pyrrole nitrogens is 3. The van der Waals surface area contributed by atoms with Gasteiger partial charge in [0.1, 0.15) is 17.2 Å². The maximum Gasteiger partial charge on any atom is 0.143 e. The molecule has 320 valence electrons. The third-order valence-electron chi connectivity index (χ3n) is 11.7. The third kappa shape index (κ3) is 9.07. The maximum absolute atomic E-state index is 7.68. The van der Waals surface area contributed by atoms with Crippen molar-refractivity contribution >= 4 is 68.0 Å². The van der Waals surface area contributed by atoms with Crippen molar-refractivity contribution in [1.29, 1.82) is 0 Å². The highest BCUT2D eigenvalue weighted by Gasteiger charge is 2.32. The van der Waals surface area contributed by atoms with Crippen LogP contribution in [-0.4, -0.2) is 47.9 Å². The number of benzene rings is 6. The zero-order valence-electron chi connectivity index (χ0n) is 36.0. The number of ether oxygens (including phenoxy) is 3. The Bertz CT molecular complexity index is 3040. The molecule has 3 heterocycles. The van der Waals surface area contributed by atoms with Gasteiger partial charge in [0.25, 0.3) is 0 Å². The van der Waals surface area contributed by atoms with E-state index in [-0.39, 0.29) is 6.04 Å². The number of aryl methyl sites for hydroxylation is 1. The van der Waals surface area contributed by atoms with Gasteiger partial charge in [0.2, 0.25) is 0 Å². The van der Waals surface area contributed by atoms with E-state index in [1.807, 2.05) is 24.4 Å². The molecule has 0 saturated heterocycles. The van der Waals surface area contributed by atoms with Crippen LogP contribution in [0.5, 0.6) is 17.2 Å². The van der Waals surface area contributed by atoms with Gasteiger partial charge in [-0.1, -0.05) is 102 Å². The number of methoxy groups -OCH3 is 3. The summed E-state index contributed by atoms with van der Waals surface area (Å²) in [5.41, 5.74) is 15.0. The first-order valence-electron chi connectivity index (χ1n) is 21.0. The van der Waals surface area contributed by atoms with Crippen LogP contribution in [0.25, 0.3) is 32.7 Å². The molecule has 0 bridgehead atoms. The van der Waals surface area contributed by atoms with Gasteiger partial charge >= 0.3 is 0 Å². The Balaban J connectivity index is 1.04. The Kier molecular flexibility index (Phi) is 12.6. The van der Waals surface area contributed by atoms with Crippen molar-refractivity contribution in [3.63, 3.8) is 0 Å². The Morgan fingerprint density at radius 2 is 1.19 bits per heavy atom. The number of hydrogen-bond acceptors (Lipinski definition) is 8. The standard InChI is InChI=1S/C52H51N5O3S3/c1-32-18-20-37-40(24-32)55-29-46(37)62-45-17-11-8-14-35(45)28-56-49(25-33-12-6-9-15-43(33)63-48-31-57-51-42(60-5)23-22-41(59-4)50(48)51)52(2,53)27-34-13-7-10-16-44(34)61-47-30-54-39-21-19-36(58-3)26-38(39)47/h6-24,26,29-31,49,54-57H,25,27-28,53H2,1-5H3. The van der Waals surface area contributed by atoms with Crippen molar-refractivity contribution in [2.45, 2.75) is 74.2 Å². The fourth-order valence-electron chi connectivity index (χ4n) is 8.32. The molecule has 3 aromatic heterocycles. The predicted octanol–water partition coefficient (Wildman–Crippen LogP) is 12.6. The minimum atomic E-state index is -0.675. The lowest BCUT2D eigenvalue weighted by Crippen LogP contribution is -2.57. The van der Waals surface area contributed by atoms with Gasteiger partial charge in [0, 0.05) is 87.9 Å². The average molecular weight is 890 g/mol. The molecule has 0 radical (unpaired) electrons. The average Bonchev–Trinajstić information content (AvgIpc) is 4.03. The van der Waals surface area contributed by atoms with Crippen LogP contribution in [0.3, 0.4) is 0 Å². The molecular formula is C52H51N5O3S3. The van der Waals surface area contributed by atoms with Crippen molar-refractivity contribution in [1.82, 2.24) is 20.3 Å². The van der Waals surface area contributed by atoms with Gasteiger partial charge in [0.15, 0.2) is 0 Å². The van der Waals surface area contributed by atoms with Crippen LogP contribution in [0.1, 0.15) is 29.2 Å². The Morgan fingerprint density at radius 3 is 1.92 bits per heavy atom. The number of aromatic amines is 3. The van der Waals surface area contributed by atoms with Crippen LogP contribution in [0.4, 0.5) is 0 Å². The Morgan fingerprint density at radius 1 is 0.587 bits per heavy atom. The Hall–Kier alpha value is -5.69. The van der Waals surface area contributed by atoms with Crippen LogP contribution in [0, 0.1) is 6.92 Å². The second-order valence-electron chi connectivity index (χ2n) is 16.1. The van der Waals surface area contributed by atoms with E-state index in [4.69, 9.17) is 19.9 Å². The smallest absolute Gasteiger partial charge is 0.143 e. The van der Waals surface area contributed by atoms with Crippen LogP contribution >= 0.6 is 35.3 Å². The zero-order chi connectivity index (χ0) is 43.5. The maximum atomic E-state index is 7.68. The molecule has 0 aliphatic heterocycles. The van der Waals surface area contributed by atoms with Crippen molar-refractivity contribution in [3.8, 4) is 17.2 Å². The molecular weight excluding hydrogens is 839 g/mol. The monoisotopic (exact) mass is 889 g/mol. The molecule has 9 aromatic rings. The molecule has 2 atom stereocenters. The van der Waals surface area contributed by atoms with E-state index in [1.54, 1.807) is 56.6 Å². The van der Waals surface area contributed by atoms with Gasteiger partial charge in [0.05, 0.1) is 32.2 Å². The van der Waals surface area contributed by atoms with Gasteiger partial charge in [-0.25, -0.2) is 0 Å². The minimum absolute atomic E-state index is 0.124. The molecule has 6 aromatic carbocycles. The lowest BCUT2D eigenvalue weighted by Gasteiger charge is -2.36. The molecule has 11 heteroatoms. The largest absolute Gasteiger partial charge is 0.497 e. The number of rotatable bonds is 17. The van der Waals surface area contributed by atoms with Gasteiger partial charge in [-0.2, -0.15) is 0 Å². The van der Waals surface area contributed by atoms with Gasteiger partial charge in [-0.3, -0.25) is 0 Å². The SMILES string of the molecule is COc1ccc2[nH]cc(Sc3ccccc3CC(C)(N)C(Cc3ccccc3Sc3c[nH]c4c(OC)ccc(OC)c34)NCc3ccccc3Sc3c[nH]c4cc(C)ccc34)c2c1. The highest BCUT2D eigenvalue weighted by Crippen LogP contribution is 2.44. The molecule has 2 unspecified atom stereocenters. The number of nitrogens with two attached hydrogens (primary N) is 1. The van der Waals surface area contributed by atoms with Gasteiger partial charge < -0.3 is 40.2 Å². The molecule has 8 nitrogen and oxygen atoms in total. The summed E-state index contributed by atoms with van der Waals surface area (Å²) in [6.45, 7) is 4.97. The summed E-state index contributed by atoms with van der Waals surface area (Å²) in [7, 11) is 5.11. The van der Waals surface area contributed by atoms with E-state index in [2.05, 4.69) is 150 Å². The molecule has 6 N–H and O–H groups in total. The van der Waals surface area contributed by atoms with Crippen molar-refractivity contribution in [3.05, 3.63) is 162 Å². The highest BCUT2D eigenvalue weighted by molar-refractivity contribution is 8.00. The van der Waals surface area contributed by atoms with E-state index >= 15 is 0 Å². The minimum Gasteiger partial charge on any atom is -0.497 e. The number of aromatic nitrogens is 3. The fourth-order valence-corrected chi connectivity index (χ4v) is 11.5. The van der Waals surface area contributed by atoms with E-state index in [1.165, 1.54) is 42.3 Å². The first-order chi connectivity index (χ1) is 30.7. The summed E-state index contributed by atoms with van der Waals surface area (Å²) in [6, 6.07) is 42.5. The van der Waals surface area contributed by atoms with Crippen molar-refractivity contribution < 1.29 is 14.2 Å². The topological polar surface area (TPSA) is 113 Å². The summed E-state index contributed by atoms with van der Waals surface area (Å²) in [6.07, 6.45) is 7.60. The summed E-state index contributed by atoms with van der Waals surface area (Å²) >= 11 is 5.28. The molecule has 63 heavy (non-hydrogen) atoms. The van der Waals surface area contributed by atoms with Crippen LogP contribution in [0.2, 0.25) is 0 Å². The zero-order valence-corrected chi connectivity index (χ0v) is 38.5. The van der Waals surface area contributed by atoms with Crippen LogP contribution < -0.4 is 25.3 Å². The van der Waals surface area contributed by atoms with Crippen LogP contribution in [-0.2, 0) is 19.4 Å². The molecule has 0 aliphatic rings. The van der Waals surface area contributed by atoms with E-state index in [9.17, 15) is 0 Å². The summed E-state index contributed by atoms with van der Waals surface area (Å²) < 4.78 is 17.1. The lowest BCUT2D eigenvalue weighted by atomic mass is 9.83. The molecule has 0 aliphatic carbocycles. The summed E-state index contributed by atoms with van der Waals surface area (Å²) in [4.78, 5) is 17.3. The molecule has 0 fully saturated rings.